The number of benzene rings is 3. The summed E-state index contributed by atoms with van der Waals surface area (Å²) in [7, 11) is 0. The summed E-state index contributed by atoms with van der Waals surface area (Å²) in [4.78, 5) is 43.6. The van der Waals surface area contributed by atoms with Gasteiger partial charge in [-0.05, 0) is 42.5 Å². The van der Waals surface area contributed by atoms with Crippen molar-refractivity contribution in [3.05, 3.63) is 96.6 Å². The molecule has 4 aromatic rings. The first-order valence-corrected chi connectivity index (χ1v) is 9.86. The predicted octanol–water partition coefficient (Wildman–Crippen LogP) is 5.04. The number of imide groups is 1. The summed E-state index contributed by atoms with van der Waals surface area (Å²) < 4.78 is 5.17. The lowest BCUT2D eigenvalue weighted by atomic mass is 10.1. The molecule has 158 valence electrons. The third-order valence-corrected chi connectivity index (χ3v) is 4.63. The lowest BCUT2D eigenvalue weighted by molar-refractivity contribution is -0.131. The van der Waals surface area contributed by atoms with Gasteiger partial charge < -0.3 is 4.74 Å². The largest absolute Gasteiger partial charge is 0.426 e. The van der Waals surface area contributed by atoms with Crippen molar-refractivity contribution in [2.45, 2.75) is 6.92 Å². The Morgan fingerprint density at radius 3 is 2.28 bits per heavy atom. The summed E-state index contributed by atoms with van der Waals surface area (Å²) in [6.45, 7) is 1.24. The number of ether oxygens (including phenoxy) is 1. The average Bonchev–Trinajstić information content (AvgIpc) is 2.80. The van der Waals surface area contributed by atoms with E-state index in [0.717, 1.165) is 10.3 Å². The molecule has 0 atom stereocenters. The number of anilines is 2. The van der Waals surface area contributed by atoms with Crippen molar-refractivity contribution in [1.29, 1.82) is 0 Å². The van der Waals surface area contributed by atoms with E-state index in [-0.39, 0.29) is 11.3 Å². The molecule has 3 aromatic carbocycles. The van der Waals surface area contributed by atoms with Crippen molar-refractivity contribution >= 4 is 40.3 Å². The molecule has 0 aliphatic rings. The summed E-state index contributed by atoms with van der Waals surface area (Å²) in [6, 6.07) is 25.1. The molecule has 7 heteroatoms. The summed E-state index contributed by atoms with van der Waals surface area (Å²) in [5.74, 6) is -0.842. The van der Waals surface area contributed by atoms with Crippen molar-refractivity contribution in [3.8, 4) is 5.75 Å². The normalized spacial score (nSPS) is 10.4. The van der Waals surface area contributed by atoms with Gasteiger partial charge in [-0.3, -0.25) is 14.9 Å². The zero-order chi connectivity index (χ0) is 22.5. The maximum absolute atomic E-state index is 13.4. The number of nitrogens with one attached hydrogen (secondary N) is 1. The topological polar surface area (TPSA) is 88.6 Å². The Labute approximate surface area is 184 Å². The molecule has 0 aliphatic heterocycles. The van der Waals surface area contributed by atoms with Gasteiger partial charge in [-0.1, -0.05) is 48.5 Å². The van der Waals surface area contributed by atoms with Crippen LogP contribution in [0.4, 0.5) is 16.3 Å². The van der Waals surface area contributed by atoms with Gasteiger partial charge in [0.15, 0.2) is 0 Å². The van der Waals surface area contributed by atoms with E-state index in [1.54, 1.807) is 48.5 Å². The number of carbonyl (C=O) groups is 3. The summed E-state index contributed by atoms with van der Waals surface area (Å²) in [6.07, 6.45) is 0. The lowest BCUT2D eigenvalue weighted by Crippen LogP contribution is -2.40. The number of para-hydroxylation sites is 3. The second-order valence-corrected chi connectivity index (χ2v) is 6.89. The third-order valence-electron chi connectivity index (χ3n) is 4.63. The highest BCUT2D eigenvalue weighted by molar-refractivity contribution is 6.24. The molecule has 0 fully saturated rings. The van der Waals surface area contributed by atoms with E-state index in [0.29, 0.717) is 17.0 Å². The molecule has 0 radical (unpaired) electrons. The van der Waals surface area contributed by atoms with Crippen LogP contribution in [0.2, 0.25) is 0 Å². The number of aromatic nitrogens is 1. The van der Waals surface area contributed by atoms with Gasteiger partial charge in [0.1, 0.15) is 11.6 Å². The van der Waals surface area contributed by atoms with Crippen molar-refractivity contribution in [1.82, 2.24) is 4.98 Å². The van der Waals surface area contributed by atoms with Gasteiger partial charge in [0, 0.05) is 12.3 Å². The molecule has 7 nitrogen and oxygen atoms in total. The van der Waals surface area contributed by atoms with E-state index in [1.807, 2.05) is 30.3 Å². The molecule has 0 unspecified atom stereocenters. The SMILES string of the molecule is CC(=O)Oc1ccccc1C(=O)N(C(=O)Nc1ccc2ccccc2n1)c1ccccc1. The van der Waals surface area contributed by atoms with Crippen LogP contribution >= 0.6 is 0 Å². The van der Waals surface area contributed by atoms with Gasteiger partial charge in [-0.25, -0.2) is 14.7 Å². The van der Waals surface area contributed by atoms with Crippen LogP contribution in [-0.2, 0) is 4.79 Å². The number of amides is 3. The standard InChI is InChI=1S/C25H19N3O4/c1-17(29)32-22-14-8-6-12-20(22)24(30)28(19-10-3-2-4-11-19)25(31)27-23-16-15-18-9-5-7-13-21(18)26-23/h2-16H,1H3,(H,26,27,31). The molecule has 4 rings (SSSR count). The van der Waals surface area contributed by atoms with E-state index in [2.05, 4.69) is 10.3 Å². The summed E-state index contributed by atoms with van der Waals surface area (Å²) >= 11 is 0. The number of esters is 1. The molecule has 32 heavy (non-hydrogen) atoms. The Morgan fingerprint density at radius 2 is 1.50 bits per heavy atom. The minimum absolute atomic E-state index is 0.0718. The molecule has 3 amide bonds. The summed E-state index contributed by atoms with van der Waals surface area (Å²) in [5.41, 5.74) is 1.14. The fraction of sp³-hybridized carbons (Fsp3) is 0.0400. The monoisotopic (exact) mass is 425 g/mol. The molecule has 0 saturated heterocycles. The van der Waals surface area contributed by atoms with E-state index in [9.17, 15) is 14.4 Å². The molecule has 0 saturated carbocycles. The fourth-order valence-electron chi connectivity index (χ4n) is 3.21. The maximum Gasteiger partial charge on any atom is 0.334 e. The Kier molecular flexibility index (Phi) is 5.89. The highest BCUT2D eigenvalue weighted by Crippen LogP contribution is 2.25. The van der Waals surface area contributed by atoms with Gasteiger partial charge >= 0.3 is 12.0 Å². The van der Waals surface area contributed by atoms with Gasteiger partial charge in [-0.15, -0.1) is 0 Å². The maximum atomic E-state index is 13.4. The number of carbonyl (C=O) groups excluding carboxylic acids is 3. The van der Waals surface area contributed by atoms with Crippen LogP contribution in [0.3, 0.4) is 0 Å². The number of pyridine rings is 1. The smallest absolute Gasteiger partial charge is 0.334 e. The Hall–Kier alpha value is -4.52. The van der Waals surface area contributed by atoms with Gasteiger partial charge in [0.05, 0.1) is 16.8 Å². The number of nitrogens with zero attached hydrogens (tertiary/aromatic N) is 2. The Balaban J connectivity index is 1.70. The second kappa shape index (κ2) is 9.09. The van der Waals surface area contributed by atoms with Gasteiger partial charge in [-0.2, -0.15) is 0 Å². The van der Waals surface area contributed by atoms with E-state index in [4.69, 9.17) is 4.74 Å². The van der Waals surface area contributed by atoms with Crippen molar-refractivity contribution in [2.24, 2.45) is 0 Å². The van der Waals surface area contributed by atoms with Crippen LogP contribution in [-0.4, -0.2) is 22.9 Å². The highest BCUT2D eigenvalue weighted by Gasteiger charge is 2.28. The molecular formula is C25H19N3O4. The number of fused-ring (bicyclic) bond motifs is 1. The molecular weight excluding hydrogens is 406 g/mol. The van der Waals surface area contributed by atoms with E-state index in [1.165, 1.54) is 19.1 Å². The van der Waals surface area contributed by atoms with Crippen LogP contribution in [0, 0.1) is 0 Å². The predicted molar refractivity (Wildman–Crippen MR) is 122 cm³/mol. The van der Waals surface area contributed by atoms with E-state index < -0.39 is 17.9 Å². The van der Waals surface area contributed by atoms with Gasteiger partial charge in [0.25, 0.3) is 5.91 Å². The van der Waals surface area contributed by atoms with Crippen molar-refractivity contribution in [3.63, 3.8) is 0 Å². The minimum atomic E-state index is -0.693. The van der Waals surface area contributed by atoms with Crippen molar-refractivity contribution < 1.29 is 19.1 Å². The first-order chi connectivity index (χ1) is 15.5. The zero-order valence-electron chi connectivity index (χ0n) is 17.2. The zero-order valence-corrected chi connectivity index (χ0v) is 17.2. The van der Waals surface area contributed by atoms with Crippen LogP contribution in [0.25, 0.3) is 10.9 Å². The molecule has 0 spiro atoms. The van der Waals surface area contributed by atoms with Gasteiger partial charge in [0.2, 0.25) is 0 Å². The first-order valence-electron chi connectivity index (χ1n) is 9.86. The fourth-order valence-corrected chi connectivity index (χ4v) is 3.21. The lowest BCUT2D eigenvalue weighted by Gasteiger charge is -2.22. The average molecular weight is 425 g/mol. The van der Waals surface area contributed by atoms with Crippen LogP contribution < -0.4 is 15.0 Å². The van der Waals surface area contributed by atoms with Crippen molar-refractivity contribution in [2.75, 3.05) is 10.2 Å². The second-order valence-electron chi connectivity index (χ2n) is 6.89. The quantitative estimate of drug-likeness (QED) is 0.366. The molecule has 1 aromatic heterocycles. The molecule has 0 aliphatic carbocycles. The number of hydrogen-bond donors (Lipinski definition) is 1. The molecule has 1 heterocycles. The van der Waals surface area contributed by atoms with Crippen LogP contribution in [0.1, 0.15) is 17.3 Å². The highest BCUT2D eigenvalue weighted by atomic mass is 16.5. The number of hydrogen-bond acceptors (Lipinski definition) is 5. The molecule has 0 bridgehead atoms. The van der Waals surface area contributed by atoms with Crippen LogP contribution in [0.5, 0.6) is 5.75 Å². The minimum Gasteiger partial charge on any atom is -0.426 e. The number of rotatable bonds is 4. The van der Waals surface area contributed by atoms with Crippen LogP contribution in [0.15, 0.2) is 91.0 Å². The third kappa shape index (κ3) is 4.46. The summed E-state index contributed by atoms with van der Waals surface area (Å²) in [5, 5.41) is 3.62. The number of urea groups is 1. The molecule has 1 N–H and O–H groups in total. The van der Waals surface area contributed by atoms with E-state index >= 15 is 0 Å². The Bertz CT molecular complexity index is 1300. The Morgan fingerprint density at radius 1 is 0.812 bits per heavy atom. The first kappa shape index (κ1) is 20.7.